The molecule has 2 N–H and O–H groups in total. The Bertz CT molecular complexity index is 308. The summed E-state index contributed by atoms with van der Waals surface area (Å²) in [5.74, 6) is 0.330. The van der Waals surface area contributed by atoms with Crippen LogP contribution in [-0.2, 0) is 6.54 Å². The van der Waals surface area contributed by atoms with E-state index in [0.29, 0.717) is 11.8 Å². The van der Waals surface area contributed by atoms with E-state index in [1.54, 1.807) is 12.1 Å². The van der Waals surface area contributed by atoms with Gasteiger partial charge in [0.25, 0.3) is 0 Å². The lowest BCUT2D eigenvalue weighted by Gasteiger charge is -2.11. The summed E-state index contributed by atoms with van der Waals surface area (Å²) in [6, 6.07) is 7.95. The van der Waals surface area contributed by atoms with Crippen LogP contribution in [0.3, 0.4) is 0 Å². The fourth-order valence-corrected chi connectivity index (χ4v) is 1.66. The Morgan fingerprint density at radius 1 is 1.14 bits per heavy atom. The Kier molecular flexibility index (Phi) is 2.84. The van der Waals surface area contributed by atoms with E-state index in [4.69, 9.17) is 5.11 Å². The molecule has 0 bridgehead atoms. The molecule has 0 saturated heterocycles. The van der Waals surface area contributed by atoms with Crippen LogP contribution in [0, 0.1) is 0 Å². The number of hydrogen-bond donors (Lipinski definition) is 2. The van der Waals surface area contributed by atoms with E-state index >= 15 is 0 Å². The second-order valence-electron chi connectivity index (χ2n) is 3.69. The summed E-state index contributed by atoms with van der Waals surface area (Å²) in [5.41, 5.74) is 1.22. The van der Waals surface area contributed by atoms with E-state index < -0.39 is 0 Å². The van der Waals surface area contributed by atoms with Crippen molar-refractivity contribution in [3.8, 4) is 5.75 Å². The summed E-state index contributed by atoms with van der Waals surface area (Å²) in [5, 5.41) is 12.6. The van der Waals surface area contributed by atoms with Gasteiger partial charge >= 0.3 is 0 Å². The maximum atomic E-state index is 9.11. The van der Waals surface area contributed by atoms with Crippen LogP contribution in [0.4, 0.5) is 0 Å². The van der Waals surface area contributed by atoms with Gasteiger partial charge in [-0.05, 0) is 30.5 Å². The summed E-state index contributed by atoms with van der Waals surface area (Å²) in [4.78, 5) is 0. The van der Waals surface area contributed by atoms with E-state index in [2.05, 4.69) is 17.5 Å². The molecule has 0 aromatic heterocycles. The fraction of sp³-hybridized carbons (Fsp3) is 0.333. The highest BCUT2D eigenvalue weighted by atomic mass is 16.3. The molecule has 0 unspecified atom stereocenters. The van der Waals surface area contributed by atoms with Crippen LogP contribution in [0.1, 0.15) is 18.4 Å². The minimum Gasteiger partial charge on any atom is -0.508 e. The molecule has 0 radical (unpaired) electrons. The SMILES string of the molecule is Oc1ccc(CNC2CC=CC2)cc1. The molecule has 1 aromatic rings. The van der Waals surface area contributed by atoms with E-state index in [9.17, 15) is 0 Å². The van der Waals surface area contributed by atoms with Crippen molar-refractivity contribution in [2.45, 2.75) is 25.4 Å². The van der Waals surface area contributed by atoms with Crippen LogP contribution in [0.15, 0.2) is 36.4 Å². The van der Waals surface area contributed by atoms with E-state index in [1.165, 1.54) is 5.56 Å². The van der Waals surface area contributed by atoms with Gasteiger partial charge < -0.3 is 10.4 Å². The number of aromatic hydroxyl groups is 1. The van der Waals surface area contributed by atoms with E-state index in [1.807, 2.05) is 12.1 Å². The number of phenolic OH excluding ortho intramolecular Hbond substituents is 1. The van der Waals surface area contributed by atoms with Gasteiger partial charge in [0.15, 0.2) is 0 Å². The maximum absolute atomic E-state index is 9.11. The zero-order valence-corrected chi connectivity index (χ0v) is 8.11. The van der Waals surface area contributed by atoms with Gasteiger partial charge in [0.1, 0.15) is 5.75 Å². The number of hydrogen-bond acceptors (Lipinski definition) is 2. The molecule has 1 aliphatic carbocycles. The molecule has 0 atom stereocenters. The van der Waals surface area contributed by atoms with Crippen LogP contribution in [0.2, 0.25) is 0 Å². The third-order valence-electron chi connectivity index (χ3n) is 2.54. The quantitative estimate of drug-likeness (QED) is 0.714. The molecule has 0 fully saturated rings. The van der Waals surface area contributed by atoms with Gasteiger partial charge in [0, 0.05) is 12.6 Å². The molecule has 74 valence electrons. The Balaban J connectivity index is 1.82. The van der Waals surface area contributed by atoms with Crippen LogP contribution in [-0.4, -0.2) is 11.1 Å². The Hall–Kier alpha value is -1.28. The molecular formula is C12H15NO. The van der Waals surface area contributed by atoms with Crippen LogP contribution in [0.5, 0.6) is 5.75 Å². The van der Waals surface area contributed by atoms with Crippen molar-refractivity contribution in [3.63, 3.8) is 0 Å². The van der Waals surface area contributed by atoms with E-state index in [0.717, 1.165) is 19.4 Å². The third kappa shape index (κ3) is 2.36. The number of phenols is 1. The molecule has 2 heteroatoms. The molecule has 2 rings (SSSR count). The molecule has 0 spiro atoms. The topological polar surface area (TPSA) is 32.3 Å². The molecular weight excluding hydrogens is 174 g/mol. The lowest BCUT2D eigenvalue weighted by Crippen LogP contribution is -2.25. The zero-order valence-electron chi connectivity index (χ0n) is 8.11. The smallest absolute Gasteiger partial charge is 0.115 e. The van der Waals surface area contributed by atoms with Crippen molar-refractivity contribution in [3.05, 3.63) is 42.0 Å². The fourth-order valence-electron chi connectivity index (χ4n) is 1.66. The summed E-state index contributed by atoms with van der Waals surface area (Å²) < 4.78 is 0. The lowest BCUT2D eigenvalue weighted by molar-refractivity contribution is 0.474. The number of rotatable bonds is 3. The lowest BCUT2D eigenvalue weighted by atomic mass is 10.2. The molecule has 2 nitrogen and oxygen atoms in total. The van der Waals surface area contributed by atoms with Gasteiger partial charge in [0.05, 0.1) is 0 Å². The van der Waals surface area contributed by atoms with Crippen molar-refractivity contribution in [1.82, 2.24) is 5.32 Å². The summed E-state index contributed by atoms with van der Waals surface area (Å²) >= 11 is 0. The molecule has 0 amide bonds. The molecule has 1 aromatic carbocycles. The largest absolute Gasteiger partial charge is 0.508 e. The number of nitrogens with one attached hydrogen (secondary N) is 1. The Morgan fingerprint density at radius 2 is 1.79 bits per heavy atom. The molecule has 0 heterocycles. The van der Waals surface area contributed by atoms with Crippen molar-refractivity contribution in [2.24, 2.45) is 0 Å². The first-order chi connectivity index (χ1) is 6.84. The highest BCUT2D eigenvalue weighted by molar-refractivity contribution is 5.25. The second-order valence-corrected chi connectivity index (χ2v) is 3.69. The van der Waals surface area contributed by atoms with Gasteiger partial charge in [-0.1, -0.05) is 24.3 Å². The average Bonchev–Trinajstić information content (AvgIpc) is 2.70. The normalized spacial score (nSPS) is 16.3. The predicted molar refractivity (Wildman–Crippen MR) is 57.1 cm³/mol. The first kappa shape index (κ1) is 9.28. The van der Waals surface area contributed by atoms with Crippen molar-refractivity contribution < 1.29 is 5.11 Å². The van der Waals surface area contributed by atoms with Crippen molar-refractivity contribution in [1.29, 1.82) is 0 Å². The standard InChI is InChI=1S/C12H15NO/c14-12-7-5-10(6-8-12)9-13-11-3-1-2-4-11/h1-2,5-8,11,13-14H,3-4,9H2. The molecule has 1 aliphatic rings. The first-order valence-electron chi connectivity index (χ1n) is 5.01. The predicted octanol–water partition coefficient (Wildman–Crippen LogP) is 2.20. The van der Waals surface area contributed by atoms with Gasteiger partial charge in [-0.25, -0.2) is 0 Å². The van der Waals surface area contributed by atoms with Crippen molar-refractivity contribution >= 4 is 0 Å². The minimum absolute atomic E-state index is 0.330. The van der Waals surface area contributed by atoms with Crippen molar-refractivity contribution in [2.75, 3.05) is 0 Å². The highest BCUT2D eigenvalue weighted by Gasteiger charge is 2.08. The highest BCUT2D eigenvalue weighted by Crippen LogP contribution is 2.12. The minimum atomic E-state index is 0.330. The molecule has 0 aliphatic heterocycles. The second kappa shape index (κ2) is 4.29. The third-order valence-corrected chi connectivity index (χ3v) is 2.54. The first-order valence-corrected chi connectivity index (χ1v) is 5.01. The van der Waals surface area contributed by atoms with Gasteiger partial charge in [-0.3, -0.25) is 0 Å². The summed E-state index contributed by atoms with van der Waals surface area (Å²) in [7, 11) is 0. The van der Waals surface area contributed by atoms with Gasteiger partial charge in [-0.15, -0.1) is 0 Å². The summed E-state index contributed by atoms with van der Waals surface area (Å²) in [6.07, 6.45) is 6.71. The van der Waals surface area contributed by atoms with Crippen LogP contribution >= 0.6 is 0 Å². The molecule has 0 saturated carbocycles. The Labute approximate surface area is 84.3 Å². The van der Waals surface area contributed by atoms with Gasteiger partial charge in [-0.2, -0.15) is 0 Å². The molecule has 14 heavy (non-hydrogen) atoms. The maximum Gasteiger partial charge on any atom is 0.115 e. The van der Waals surface area contributed by atoms with Crippen LogP contribution < -0.4 is 5.32 Å². The number of benzene rings is 1. The van der Waals surface area contributed by atoms with E-state index in [-0.39, 0.29) is 0 Å². The van der Waals surface area contributed by atoms with Gasteiger partial charge in [0.2, 0.25) is 0 Å². The average molecular weight is 189 g/mol. The Morgan fingerprint density at radius 3 is 2.43 bits per heavy atom. The monoisotopic (exact) mass is 189 g/mol. The summed E-state index contributed by atoms with van der Waals surface area (Å²) in [6.45, 7) is 0.882. The van der Waals surface area contributed by atoms with Crippen LogP contribution in [0.25, 0.3) is 0 Å². The zero-order chi connectivity index (χ0) is 9.80.